The Labute approximate surface area is 148 Å². The van der Waals surface area contributed by atoms with Gasteiger partial charge in [-0.2, -0.15) is 0 Å². The maximum atomic E-state index is 12.8. The molecule has 0 aliphatic carbocycles. The molecule has 0 saturated carbocycles. The summed E-state index contributed by atoms with van der Waals surface area (Å²) in [5, 5.41) is 2.64. The highest BCUT2D eigenvalue weighted by atomic mass is 32.2. The molecule has 2 aromatic rings. The molecule has 0 bridgehead atoms. The van der Waals surface area contributed by atoms with Gasteiger partial charge in [0.15, 0.2) is 0 Å². The largest absolute Gasteiger partial charge is 0.375 e. The van der Waals surface area contributed by atoms with Gasteiger partial charge in [-0.15, -0.1) is 0 Å². The van der Waals surface area contributed by atoms with Crippen molar-refractivity contribution in [2.75, 3.05) is 23.8 Å². The van der Waals surface area contributed by atoms with Gasteiger partial charge < -0.3 is 10.1 Å². The fourth-order valence-corrected chi connectivity index (χ4v) is 4.29. The topological polar surface area (TPSA) is 84.5 Å². The number of nitrogens with one attached hydrogen (secondary N) is 2. The van der Waals surface area contributed by atoms with E-state index < -0.39 is 10.0 Å². The zero-order chi connectivity index (χ0) is 18.6. The number of aryl methyl sites for hydroxylation is 3. The molecule has 0 atom stereocenters. The maximum absolute atomic E-state index is 12.8. The first-order valence-electron chi connectivity index (χ1n) is 7.72. The third-order valence-electron chi connectivity index (χ3n) is 3.55. The average Bonchev–Trinajstić information content (AvgIpc) is 2.45. The van der Waals surface area contributed by atoms with Crippen molar-refractivity contribution in [1.29, 1.82) is 0 Å². The molecule has 0 fully saturated rings. The van der Waals surface area contributed by atoms with Crippen LogP contribution in [0.5, 0.6) is 0 Å². The molecular formula is C18H22N2O4S. The van der Waals surface area contributed by atoms with E-state index >= 15 is 0 Å². The third kappa shape index (κ3) is 4.80. The number of ether oxygens (including phenoxy) is 1. The van der Waals surface area contributed by atoms with E-state index in [4.69, 9.17) is 4.74 Å². The van der Waals surface area contributed by atoms with Gasteiger partial charge in [0.05, 0.1) is 10.6 Å². The SMILES string of the molecule is COCC(=O)Nc1cccc(NS(=O)(=O)c2c(C)cc(C)cc2C)c1. The number of rotatable bonds is 6. The lowest BCUT2D eigenvalue weighted by atomic mass is 10.1. The molecule has 0 radical (unpaired) electrons. The molecule has 2 aromatic carbocycles. The van der Waals surface area contributed by atoms with Crippen molar-refractivity contribution < 1.29 is 17.9 Å². The van der Waals surface area contributed by atoms with E-state index in [1.807, 2.05) is 19.1 Å². The first-order valence-corrected chi connectivity index (χ1v) is 9.21. The van der Waals surface area contributed by atoms with Crippen LogP contribution in [-0.2, 0) is 19.6 Å². The summed E-state index contributed by atoms with van der Waals surface area (Å²) in [5.74, 6) is -0.312. The zero-order valence-corrected chi connectivity index (χ0v) is 15.5. The molecule has 7 heteroatoms. The molecule has 6 nitrogen and oxygen atoms in total. The molecule has 0 saturated heterocycles. The van der Waals surface area contributed by atoms with Crippen LogP contribution < -0.4 is 10.0 Å². The summed E-state index contributed by atoms with van der Waals surface area (Å²) in [6, 6.07) is 10.2. The predicted octanol–water partition coefficient (Wildman–Crippen LogP) is 3.00. The standard InChI is InChI=1S/C18H22N2O4S/c1-12-8-13(2)18(14(3)9-12)25(22,23)20-16-7-5-6-15(10-16)19-17(21)11-24-4/h5-10,20H,11H2,1-4H3,(H,19,21). The second-order valence-corrected chi connectivity index (χ2v) is 7.51. The van der Waals surface area contributed by atoms with Crippen LogP contribution in [0, 0.1) is 20.8 Å². The quantitative estimate of drug-likeness (QED) is 0.827. The Morgan fingerprint density at radius 1 is 1.04 bits per heavy atom. The van der Waals surface area contributed by atoms with E-state index in [1.165, 1.54) is 7.11 Å². The van der Waals surface area contributed by atoms with E-state index in [-0.39, 0.29) is 17.4 Å². The van der Waals surface area contributed by atoms with Crippen LogP contribution in [0.3, 0.4) is 0 Å². The number of carbonyl (C=O) groups is 1. The van der Waals surface area contributed by atoms with E-state index in [9.17, 15) is 13.2 Å². The number of hydrogen-bond acceptors (Lipinski definition) is 4. The van der Waals surface area contributed by atoms with Crippen molar-refractivity contribution in [3.63, 3.8) is 0 Å². The van der Waals surface area contributed by atoms with Crippen molar-refractivity contribution in [3.05, 3.63) is 53.1 Å². The fraction of sp³-hybridized carbons (Fsp3) is 0.278. The molecule has 1 amide bonds. The molecule has 0 spiro atoms. The predicted molar refractivity (Wildman–Crippen MR) is 98.4 cm³/mol. The number of carbonyl (C=O) groups excluding carboxylic acids is 1. The molecule has 0 heterocycles. The van der Waals surface area contributed by atoms with Crippen molar-refractivity contribution in [3.8, 4) is 0 Å². The summed E-state index contributed by atoms with van der Waals surface area (Å²) in [4.78, 5) is 11.8. The first-order chi connectivity index (χ1) is 11.7. The van der Waals surface area contributed by atoms with Crippen LogP contribution in [0.2, 0.25) is 0 Å². The normalized spacial score (nSPS) is 11.2. The summed E-state index contributed by atoms with van der Waals surface area (Å²) < 4.78 is 32.9. The van der Waals surface area contributed by atoms with Crippen LogP contribution >= 0.6 is 0 Å². The number of sulfonamides is 1. The Kier molecular flexibility index (Phi) is 5.81. The van der Waals surface area contributed by atoms with Gasteiger partial charge in [0, 0.05) is 12.8 Å². The highest BCUT2D eigenvalue weighted by Crippen LogP contribution is 2.25. The lowest BCUT2D eigenvalue weighted by Gasteiger charge is -2.14. The van der Waals surface area contributed by atoms with Crippen LogP contribution in [0.4, 0.5) is 11.4 Å². The average molecular weight is 362 g/mol. The highest BCUT2D eigenvalue weighted by Gasteiger charge is 2.20. The minimum Gasteiger partial charge on any atom is -0.375 e. The number of anilines is 2. The van der Waals surface area contributed by atoms with E-state index in [0.29, 0.717) is 22.5 Å². The van der Waals surface area contributed by atoms with Gasteiger partial charge in [0.1, 0.15) is 6.61 Å². The highest BCUT2D eigenvalue weighted by molar-refractivity contribution is 7.92. The molecule has 0 unspecified atom stereocenters. The zero-order valence-electron chi connectivity index (χ0n) is 14.7. The van der Waals surface area contributed by atoms with E-state index in [1.54, 1.807) is 38.1 Å². The van der Waals surface area contributed by atoms with Gasteiger partial charge in [-0.25, -0.2) is 8.42 Å². The molecule has 0 aliphatic heterocycles. The van der Waals surface area contributed by atoms with Gasteiger partial charge in [-0.05, 0) is 50.1 Å². The van der Waals surface area contributed by atoms with Crippen molar-refractivity contribution in [1.82, 2.24) is 0 Å². The maximum Gasteiger partial charge on any atom is 0.262 e. The van der Waals surface area contributed by atoms with E-state index in [2.05, 4.69) is 10.0 Å². The molecule has 0 aromatic heterocycles. The third-order valence-corrected chi connectivity index (χ3v) is 5.23. The second-order valence-electron chi connectivity index (χ2n) is 5.90. The first kappa shape index (κ1) is 19.0. The number of amides is 1. The molecule has 25 heavy (non-hydrogen) atoms. The monoisotopic (exact) mass is 362 g/mol. The Balaban J connectivity index is 2.28. The lowest BCUT2D eigenvalue weighted by molar-refractivity contribution is -0.119. The summed E-state index contributed by atoms with van der Waals surface area (Å²) in [7, 11) is -2.31. The number of hydrogen-bond donors (Lipinski definition) is 2. The summed E-state index contributed by atoms with van der Waals surface area (Å²) in [5.41, 5.74) is 3.25. The lowest BCUT2D eigenvalue weighted by Crippen LogP contribution is -2.18. The van der Waals surface area contributed by atoms with Crippen LogP contribution in [0.1, 0.15) is 16.7 Å². The van der Waals surface area contributed by atoms with Gasteiger partial charge in [-0.1, -0.05) is 23.8 Å². The fourth-order valence-electron chi connectivity index (χ4n) is 2.79. The minimum absolute atomic E-state index is 0.0717. The van der Waals surface area contributed by atoms with Gasteiger partial charge in [-0.3, -0.25) is 9.52 Å². The molecule has 134 valence electrons. The van der Waals surface area contributed by atoms with Crippen LogP contribution in [0.15, 0.2) is 41.3 Å². The molecular weight excluding hydrogens is 340 g/mol. The van der Waals surface area contributed by atoms with Gasteiger partial charge in [0.2, 0.25) is 5.91 Å². The van der Waals surface area contributed by atoms with Crippen molar-refractivity contribution in [2.24, 2.45) is 0 Å². The van der Waals surface area contributed by atoms with Crippen molar-refractivity contribution >= 4 is 27.3 Å². The smallest absolute Gasteiger partial charge is 0.262 e. The Morgan fingerprint density at radius 2 is 1.64 bits per heavy atom. The summed E-state index contributed by atoms with van der Waals surface area (Å²) in [6.07, 6.45) is 0. The van der Waals surface area contributed by atoms with E-state index in [0.717, 1.165) is 5.56 Å². The van der Waals surface area contributed by atoms with Gasteiger partial charge in [0.25, 0.3) is 10.0 Å². The van der Waals surface area contributed by atoms with Crippen LogP contribution in [-0.4, -0.2) is 28.0 Å². The summed E-state index contributed by atoms with van der Waals surface area (Å²) >= 11 is 0. The Hall–Kier alpha value is -2.38. The Morgan fingerprint density at radius 3 is 2.24 bits per heavy atom. The van der Waals surface area contributed by atoms with Crippen LogP contribution in [0.25, 0.3) is 0 Å². The van der Waals surface area contributed by atoms with Crippen molar-refractivity contribution in [2.45, 2.75) is 25.7 Å². The van der Waals surface area contributed by atoms with Gasteiger partial charge >= 0.3 is 0 Å². The molecule has 2 rings (SSSR count). The Bertz CT molecular complexity index is 869. The number of methoxy groups -OCH3 is 1. The molecule has 2 N–H and O–H groups in total. The summed E-state index contributed by atoms with van der Waals surface area (Å²) in [6.45, 7) is 5.40. The minimum atomic E-state index is -3.73. The number of benzene rings is 2. The second kappa shape index (κ2) is 7.67. The molecule has 0 aliphatic rings.